The first-order valence-corrected chi connectivity index (χ1v) is 13.5. The van der Waals surface area contributed by atoms with E-state index in [2.05, 4.69) is 13.8 Å². The van der Waals surface area contributed by atoms with Crippen LogP contribution in [0.3, 0.4) is 0 Å². The Kier molecular flexibility index (Phi) is 25.0. The van der Waals surface area contributed by atoms with Gasteiger partial charge in [-0.3, -0.25) is 9.59 Å². The van der Waals surface area contributed by atoms with Crippen molar-refractivity contribution in [2.24, 2.45) is 5.41 Å². The second-order valence-electron chi connectivity index (χ2n) is 9.56. The molecule has 0 aliphatic heterocycles. The van der Waals surface area contributed by atoms with Gasteiger partial charge in [0.25, 0.3) is 0 Å². The van der Waals surface area contributed by atoms with Crippen molar-refractivity contribution in [1.29, 1.82) is 0 Å². The minimum atomic E-state index is -1.58. The number of unbranched alkanes of at least 4 members (excludes halogenated alkanes) is 18. The molecular formula is C27H53LiO4. The van der Waals surface area contributed by atoms with Gasteiger partial charge in [-0.2, -0.15) is 0 Å². The smallest absolute Gasteiger partial charge is 1.00 e. The summed E-state index contributed by atoms with van der Waals surface area (Å²) in [7, 11) is 0. The molecule has 4 nitrogen and oxygen atoms in total. The Balaban J connectivity index is -0.00000450. The summed E-state index contributed by atoms with van der Waals surface area (Å²) in [6, 6.07) is 0. The van der Waals surface area contributed by atoms with Crippen LogP contribution in [0.15, 0.2) is 0 Å². The number of rotatable bonds is 24. The van der Waals surface area contributed by atoms with Crippen LogP contribution in [-0.4, -0.2) is 22.2 Å². The molecule has 0 fully saturated rings. The molecule has 0 radical (unpaired) electrons. The summed E-state index contributed by atoms with van der Waals surface area (Å²) in [5, 5.41) is 19.4. The molecule has 5 heteroatoms. The Morgan fingerprint density at radius 3 is 0.938 bits per heavy atom. The Hall–Kier alpha value is -0.463. The Morgan fingerprint density at radius 2 is 0.719 bits per heavy atom. The molecule has 0 saturated carbocycles. The minimum Gasteiger partial charge on any atom is -1.00 e. The molecule has 0 atom stereocenters. The van der Waals surface area contributed by atoms with E-state index in [1.807, 2.05) is 0 Å². The summed E-state index contributed by atoms with van der Waals surface area (Å²) in [5.74, 6) is -2.29. The van der Waals surface area contributed by atoms with Gasteiger partial charge < -0.3 is 11.6 Å². The second-order valence-corrected chi connectivity index (χ2v) is 9.56. The van der Waals surface area contributed by atoms with Crippen molar-refractivity contribution < 1.29 is 40.1 Å². The maximum atomic E-state index is 11.9. The first-order valence-electron chi connectivity index (χ1n) is 13.5. The first-order chi connectivity index (χ1) is 15.0. The molecule has 0 aliphatic rings. The monoisotopic (exact) mass is 448 g/mol. The van der Waals surface area contributed by atoms with Crippen LogP contribution in [0, 0.1) is 5.41 Å². The van der Waals surface area contributed by atoms with Crippen LogP contribution in [0.25, 0.3) is 0 Å². The van der Waals surface area contributed by atoms with Crippen molar-refractivity contribution in [2.45, 2.75) is 155 Å². The summed E-state index contributed by atoms with van der Waals surface area (Å²) in [4.78, 5) is 23.7. The van der Waals surface area contributed by atoms with Gasteiger partial charge in [-0.15, -0.1) is 0 Å². The van der Waals surface area contributed by atoms with Gasteiger partial charge in [0, 0.05) is 0 Å². The number of carbonyl (C=O) groups is 2. The largest absolute Gasteiger partial charge is 1.00 e. The van der Waals surface area contributed by atoms with Crippen molar-refractivity contribution in [3.63, 3.8) is 0 Å². The van der Waals surface area contributed by atoms with E-state index in [0.29, 0.717) is 12.8 Å². The number of hydrogen-bond acceptors (Lipinski definition) is 2. The molecule has 0 unspecified atom stereocenters. The first kappa shape index (κ1) is 33.7. The van der Waals surface area contributed by atoms with Crippen LogP contribution in [-0.2, 0) is 9.59 Å². The minimum absolute atomic E-state index is 0. The fourth-order valence-corrected chi connectivity index (χ4v) is 4.47. The maximum Gasteiger partial charge on any atom is 1.00 e. The van der Waals surface area contributed by atoms with Gasteiger partial charge in [0.05, 0.1) is 0 Å². The van der Waals surface area contributed by atoms with Crippen LogP contribution in [0.5, 0.6) is 0 Å². The van der Waals surface area contributed by atoms with Crippen LogP contribution >= 0.6 is 0 Å². The van der Waals surface area contributed by atoms with E-state index >= 15 is 0 Å². The molecule has 0 heterocycles. The van der Waals surface area contributed by atoms with Gasteiger partial charge in [0.2, 0.25) is 0 Å². The van der Waals surface area contributed by atoms with Crippen molar-refractivity contribution >= 4 is 11.9 Å². The fourth-order valence-electron chi connectivity index (χ4n) is 4.47. The van der Waals surface area contributed by atoms with E-state index < -0.39 is 17.4 Å². The summed E-state index contributed by atoms with van der Waals surface area (Å²) in [6.45, 7) is 4.45. The van der Waals surface area contributed by atoms with E-state index in [0.717, 1.165) is 25.7 Å². The Morgan fingerprint density at radius 1 is 0.500 bits per heavy atom. The van der Waals surface area contributed by atoms with Crippen molar-refractivity contribution in [3.8, 4) is 0 Å². The zero-order valence-electron chi connectivity index (χ0n) is 22.8. The van der Waals surface area contributed by atoms with Crippen molar-refractivity contribution in [3.05, 3.63) is 0 Å². The van der Waals surface area contributed by atoms with E-state index in [-0.39, 0.29) is 33.1 Å². The Bertz CT molecular complexity index is 406. The molecule has 0 aromatic rings. The fraction of sp³-hybridized carbons (Fsp3) is 0.926. The summed E-state index contributed by atoms with van der Waals surface area (Å²) in [5.41, 5.74) is -1.58. The third-order valence-corrected chi connectivity index (χ3v) is 6.73. The normalized spacial score (nSPS) is 11.3. The molecule has 186 valence electrons. The predicted octanol–water partition coefficient (Wildman–Crippen LogP) is 5.88. The molecule has 0 amide bonds. The summed E-state index contributed by atoms with van der Waals surface area (Å²) in [6.07, 6.45) is 23.9. The topological polar surface area (TPSA) is 74.6 Å². The van der Waals surface area contributed by atoms with Gasteiger partial charge in [0.15, 0.2) is 5.41 Å². The Labute approximate surface area is 212 Å². The molecule has 0 bridgehead atoms. The summed E-state index contributed by atoms with van der Waals surface area (Å²) < 4.78 is 0. The van der Waals surface area contributed by atoms with E-state index in [1.165, 1.54) is 89.9 Å². The maximum absolute atomic E-state index is 11.9. The molecule has 2 N–H and O–H groups in total. The van der Waals surface area contributed by atoms with E-state index in [4.69, 9.17) is 0 Å². The molecule has 0 spiro atoms. The van der Waals surface area contributed by atoms with Gasteiger partial charge in [-0.1, -0.05) is 142 Å². The summed E-state index contributed by atoms with van der Waals surface area (Å²) >= 11 is 0. The molecule has 0 aromatic heterocycles. The van der Waals surface area contributed by atoms with E-state index in [1.54, 1.807) is 0 Å². The van der Waals surface area contributed by atoms with Gasteiger partial charge in [-0.05, 0) is 12.8 Å². The quantitative estimate of drug-likeness (QED) is 0.110. The molecule has 0 aromatic carbocycles. The predicted molar refractivity (Wildman–Crippen MR) is 132 cm³/mol. The van der Waals surface area contributed by atoms with Crippen molar-refractivity contribution in [1.82, 2.24) is 0 Å². The number of aliphatic carboxylic acids is 2. The number of carboxylic acid groups (broad SMARTS) is 2. The SMILES string of the molecule is CCCCCCCCCCCCC(CCCCCCCCCCCC)(C(=O)O)C(=O)O.[H-].[Li+]. The van der Waals surface area contributed by atoms with Crippen LogP contribution in [0.4, 0.5) is 0 Å². The zero-order valence-corrected chi connectivity index (χ0v) is 21.8. The third-order valence-electron chi connectivity index (χ3n) is 6.73. The molecule has 32 heavy (non-hydrogen) atoms. The standard InChI is InChI=1S/C27H52O4.Li.H/c1-3-5-7-9-11-13-15-17-19-21-23-27(25(28)29,26(30)31)24-22-20-18-16-14-12-10-8-6-4-2;;/h3-24H2,1-2H3,(H,28,29)(H,30,31);;/q;+1;-1. The molecule has 0 rings (SSSR count). The second kappa shape index (κ2) is 23.7. The van der Waals surface area contributed by atoms with Gasteiger partial charge in [-0.25, -0.2) is 0 Å². The number of carboxylic acids is 2. The van der Waals surface area contributed by atoms with Gasteiger partial charge >= 0.3 is 30.8 Å². The average molecular weight is 449 g/mol. The zero-order chi connectivity index (χ0) is 23.2. The van der Waals surface area contributed by atoms with Gasteiger partial charge in [0.1, 0.15) is 0 Å². The number of hydrogen-bond donors (Lipinski definition) is 2. The van der Waals surface area contributed by atoms with Crippen LogP contribution < -0.4 is 18.9 Å². The average Bonchev–Trinajstić information content (AvgIpc) is 2.74. The van der Waals surface area contributed by atoms with Crippen LogP contribution in [0.1, 0.15) is 157 Å². The molecule has 0 aliphatic carbocycles. The van der Waals surface area contributed by atoms with Crippen molar-refractivity contribution in [2.75, 3.05) is 0 Å². The molecule has 0 saturated heterocycles. The molecular weight excluding hydrogens is 395 g/mol. The third kappa shape index (κ3) is 17.1. The van der Waals surface area contributed by atoms with Crippen LogP contribution in [0.2, 0.25) is 0 Å². The van der Waals surface area contributed by atoms with E-state index in [9.17, 15) is 19.8 Å².